The third-order valence-corrected chi connectivity index (χ3v) is 6.91. The van der Waals surface area contributed by atoms with Gasteiger partial charge in [-0.3, -0.25) is 29.4 Å². The summed E-state index contributed by atoms with van der Waals surface area (Å²) in [6.45, 7) is 1.70. The Labute approximate surface area is 174 Å². The molecule has 3 heterocycles. The van der Waals surface area contributed by atoms with Gasteiger partial charge in [0.25, 0.3) is 11.8 Å². The molecule has 3 fully saturated rings. The molecule has 30 heavy (non-hydrogen) atoms. The number of hydrogen-bond donors (Lipinski definition) is 3. The third-order valence-electron chi connectivity index (χ3n) is 6.91. The zero-order chi connectivity index (χ0) is 20.9. The fourth-order valence-corrected chi connectivity index (χ4v) is 5.01. The SMILES string of the molecule is O=C1CCC(N2C(=O)c3ccc(CNC4(C5CCCCN5)CC4)cc3C2=O)C(=O)N1. The van der Waals surface area contributed by atoms with E-state index in [1.807, 2.05) is 6.07 Å². The van der Waals surface area contributed by atoms with E-state index in [-0.39, 0.29) is 24.3 Å². The van der Waals surface area contributed by atoms with Crippen LogP contribution in [0.2, 0.25) is 0 Å². The van der Waals surface area contributed by atoms with E-state index >= 15 is 0 Å². The first kappa shape index (κ1) is 19.4. The molecule has 158 valence electrons. The van der Waals surface area contributed by atoms with Crippen molar-refractivity contribution in [2.75, 3.05) is 6.54 Å². The molecule has 0 bridgehead atoms. The fourth-order valence-electron chi connectivity index (χ4n) is 5.01. The summed E-state index contributed by atoms with van der Waals surface area (Å²) in [4.78, 5) is 50.3. The highest BCUT2D eigenvalue weighted by molar-refractivity contribution is 6.23. The summed E-state index contributed by atoms with van der Waals surface area (Å²) in [5.74, 6) is -1.88. The lowest BCUT2D eigenvalue weighted by molar-refractivity contribution is -0.136. The van der Waals surface area contributed by atoms with Crippen LogP contribution in [0.3, 0.4) is 0 Å². The molecular weight excluding hydrogens is 384 g/mol. The van der Waals surface area contributed by atoms with Crippen molar-refractivity contribution in [2.45, 2.75) is 69.1 Å². The molecule has 0 aromatic heterocycles. The molecule has 1 aromatic rings. The minimum Gasteiger partial charge on any atom is -0.312 e. The van der Waals surface area contributed by atoms with Crippen molar-refractivity contribution in [1.82, 2.24) is 20.9 Å². The molecule has 1 aromatic carbocycles. The number of imide groups is 2. The van der Waals surface area contributed by atoms with Gasteiger partial charge in [-0.2, -0.15) is 0 Å². The van der Waals surface area contributed by atoms with Crippen LogP contribution in [-0.4, -0.2) is 52.7 Å². The quantitative estimate of drug-likeness (QED) is 0.622. The summed E-state index contributed by atoms with van der Waals surface area (Å²) in [5, 5.41) is 9.54. The molecule has 2 saturated heterocycles. The molecular formula is C22H26N4O4. The topological polar surface area (TPSA) is 108 Å². The molecule has 0 radical (unpaired) electrons. The Morgan fingerprint density at radius 2 is 1.83 bits per heavy atom. The number of benzene rings is 1. The minimum absolute atomic E-state index is 0.121. The summed E-state index contributed by atoms with van der Waals surface area (Å²) in [7, 11) is 0. The number of fused-ring (bicyclic) bond motifs is 1. The van der Waals surface area contributed by atoms with Crippen LogP contribution in [0.1, 0.15) is 71.2 Å². The lowest BCUT2D eigenvalue weighted by Crippen LogP contribution is -2.54. The van der Waals surface area contributed by atoms with E-state index in [0.29, 0.717) is 23.7 Å². The average molecular weight is 410 g/mol. The molecule has 8 nitrogen and oxygen atoms in total. The van der Waals surface area contributed by atoms with Gasteiger partial charge in [-0.25, -0.2) is 0 Å². The van der Waals surface area contributed by atoms with Crippen LogP contribution in [0, 0.1) is 0 Å². The second-order valence-corrected chi connectivity index (χ2v) is 8.84. The summed E-state index contributed by atoms with van der Waals surface area (Å²) < 4.78 is 0. The van der Waals surface area contributed by atoms with Crippen molar-refractivity contribution >= 4 is 23.6 Å². The Hall–Kier alpha value is -2.58. The molecule has 1 aliphatic carbocycles. The predicted molar refractivity (Wildman–Crippen MR) is 108 cm³/mol. The maximum Gasteiger partial charge on any atom is 0.262 e. The Morgan fingerprint density at radius 3 is 2.53 bits per heavy atom. The number of rotatable bonds is 5. The van der Waals surface area contributed by atoms with Gasteiger partial charge in [-0.05, 0) is 56.3 Å². The molecule has 4 amide bonds. The van der Waals surface area contributed by atoms with Crippen molar-refractivity contribution < 1.29 is 19.2 Å². The van der Waals surface area contributed by atoms with E-state index in [1.165, 1.54) is 19.3 Å². The van der Waals surface area contributed by atoms with Crippen molar-refractivity contribution in [3.63, 3.8) is 0 Å². The van der Waals surface area contributed by atoms with E-state index in [2.05, 4.69) is 16.0 Å². The summed E-state index contributed by atoms with van der Waals surface area (Å²) in [6, 6.07) is 4.88. The van der Waals surface area contributed by atoms with E-state index in [4.69, 9.17) is 0 Å². The molecule has 3 aliphatic heterocycles. The maximum atomic E-state index is 13.0. The highest BCUT2D eigenvalue weighted by Crippen LogP contribution is 2.41. The molecule has 2 atom stereocenters. The number of amides is 4. The number of hydrogen-bond acceptors (Lipinski definition) is 6. The molecule has 1 saturated carbocycles. The van der Waals surface area contributed by atoms with Crippen molar-refractivity contribution in [2.24, 2.45) is 0 Å². The first-order valence-corrected chi connectivity index (χ1v) is 10.8. The van der Waals surface area contributed by atoms with Gasteiger partial charge in [0.2, 0.25) is 11.8 Å². The van der Waals surface area contributed by atoms with E-state index < -0.39 is 23.8 Å². The zero-order valence-electron chi connectivity index (χ0n) is 16.8. The van der Waals surface area contributed by atoms with Gasteiger partial charge in [0.1, 0.15) is 6.04 Å². The summed E-state index contributed by atoms with van der Waals surface area (Å²) in [5.41, 5.74) is 1.74. The zero-order valence-corrected chi connectivity index (χ0v) is 16.8. The second kappa shape index (κ2) is 7.28. The van der Waals surface area contributed by atoms with Crippen LogP contribution in [0.25, 0.3) is 0 Å². The average Bonchev–Trinajstić information content (AvgIpc) is 3.51. The largest absolute Gasteiger partial charge is 0.312 e. The van der Waals surface area contributed by atoms with Crippen LogP contribution < -0.4 is 16.0 Å². The second-order valence-electron chi connectivity index (χ2n) is 8.84. The molecule has 3 N–H and O–H groups in total. The smallest absolute Gasteiger partial charge is 0.262 e. The van der Waals surface area contributed by atoms with Crippen LogP contribution in [0.15, 0.2) is 18.2 Å². The summed E-state index contributed by atoms with van der Waals surface area (Å²) >= 11 is 0. The van der Waals surface area contributed by atoms with Crippen molar-refractivity contribution in [1.29, 1.82) is 0 Å². The Balaban J connectivity index is 1.30. The maximum absolute atomic E-state index is 13.0. The Morgan fingerprint density at radius 1 is 1.03 bits per heavy atom. The number of piperidine rings is 2. The van der Waals surface area contributed by atoms with Crippen LogP contribution >= 0.6 is 0 Å². The van der Waals surface area contributed by atoms with E-state index in [9.17, 15) is 19.2 Å². The molecule has 4 aliphatic rings. The van der Waals surface area contributed by atoms with Gasteiger partial charge in [0, 0.05) is 24.5 Å². The van der Waals surface area contributed by atoms with Gasteiger partial charge < -0.3 is 10.6 Å². The monoisotopic (exact) mass is 410 g/mol. The standard InChI is InChI=1S/C22H26N4O4/c27-18-7-6-16(19(28)25-18)26-20(29)14-5-4-13(11-15(14)21(26)30)12-24-22(8-9-22)17-3-1-2-10-23-17/h4-5,11,16-17,23-24H,1-3,6-10,12H2,(H,25,27,28). The molecule has 2 unspecified atom stereocenters. The number of carbonyl (C=O) groups is 4. The fraction of sp³-hybridized carbons (Fsp3) is 0.545. The summed E-state index contributed by atoms with van der Waals surface area (Å²) in [6.07, 6.45) is 6.26. The van der Waals surface area contributed by atoms with Crippen molar-refractivity contribution in [3.05, 3.63) is 34.9 Å². The van der Waals surface area contributed by atoms with Crippen LogP contribution in [0.4, 0.5) is 0 Å². The third kappa shape index (κ3) is 3.24. The Bertz CT molecular complexity index is 933. The molecule has 8 heteroatoms. The predicted octanol–water partition coefficient (Wildman–Crippen LogP) is 0.852. The van der Waals surface area contributed by atoms with Gasteiger partial charge in [-0.1, -0.05) is 12.5 Å². The highest BCUT2D eigenvalue weighted by atomic mass is 16.2. The Kier molecular flexibility index (Phi) is 4.71. The normalized spacial score (nSPS) is 27.8. The highest BCUT2D eigenvalue weighted by Gasteiger charge is 2.49. The molecule has 0 spiro atoms. The van der Waals surface area contributed by atoms with E-state index in [1.54, 1.807) is 12.1 Å². The van der Waals surface area contributed by atoms with Gasteiger partial charge in [0.15, 0.2) is 0 Å². The van der Waals surface area contributed by atoms with Crippen LogP contribution in [-0.2, 0) is 16.1 Å². The van der Waals surface area contributed by atoms with E-state index in [0.717, 1.165) is 29.8 Å². The minimum atomic E-state index is -0.927. The van der Waals surface area contributed by atoms with Gasteiger partial charge >= 0.3 is 0 Å². The van der Waals surface area contributed by atoms with Crippen molar-refractivity contribution in [3.8, 4) is 0 Å². The lowest BCUT2D eigenvalue weighted by atomic mass is 9.95. The van der Waals surface area contributed by atoms with Gasteiger partial charge in [0.05, 0.1) is 11.1 Å². The van der Waals surface area contributed by atoms with Crippen LogP contribution in [0.5, 0.6) is 0 Å². The lowest BCUT2D eigenvalue weighted by Gasteiger charge is -2.32. The number of carbonyl (C=O) groups excluding carboxylic acids is 4. The number of nitrogens with zero attached hydrogens (tertiary/aromatic N) is 1. The number of nitrogens with one attached hydrogen (secondary N) is 3. The molecule has 5 rings (SSSR count). The first-order chi connectivity index (χ1) is 14.5. The first-order valence-electron chi connectivity index (χ1n) is 10.8. The van der Waals surface area contributed by atoms with Gasteiger partial charge in [-0.15, -0.1) is 0 Å².